The molecule has 4 rings (SSSR count). The van der Waals surface area contributed by atoms with Gasteiger partial charge >= 0.3 is 26.2 Å². The first kappa shape index (κ1) is 22.3. The van der Waals surface area contributed by atoms with Gasteiger partial charge < -0.3 is 24.8 Å². The summed E-state index contributed by atoms with van der Waals surface area (Å²) in [6, 6.07) is 24.5. The van der Waals surface area contributed by atoms with Crippen molar-refractivity contribution in [3.05, 3.63) is 89.0 Å². The molecule has 0 bridgehead atoms. The first-order chi connectivity index (χ1) is 9.74. The molecule has 0 aliphatic heterocycles. The molecule has 0 fully saturated rings. The predicted octanol–water partition coefficient (Wildman–Crippen LogP) is -0.914. The molecule has 23 heavy (non-hydrogen) atoms. The van der Waals surface area contributed by atoms with E-state index < -0.39 is 0 Å². The van der Waals surface area contributed by atoms with Crippen molar-refractivity contribution in [2.45, 2.75) is 20.3 Å². The summed E-state index contributed by atoms with van der Waals surface area (Å²) in [6.07, 6.45) is 1.05. The normalized spacial score (nSPS) is 9.83. The Morgan fingerprint density at radius 3 is 2.04 bits per heavy atom. The van der Waals surface area contributed by atoms with Crippen LogP contribution in [-0.2, 0) is 32.6 Å². The van der Waals surface area contributed by atoms with E-state index in [9.17, 15) is 0 Å². The Kier molecular flexibility index (Phi) is 9.86. The van der Waals surface area contributed by atoms with Crippen molar-refractivity contribution in [1.82, 2.24) is 0 Å². The van der Waals surface area contributed by atoms with Gasteiger partial charge in [0.1, 0.15) is 0 Å². The number of rotatable bonds is 0. The van der Waals surface area contributed by atoms with E-state index in [1.165, 1.54) is 33.4 Å². The van der Waals surface area contributed by atoms with Crippen molar-refractivity contribution < 1.29 is 51.0 Å². The van der Waals surface area contributed by atoms with Crippen LogP contribution in [0.5, 0.6) is 0 Å². The number of benzene rings is 2. The van der Waals surface area contributed by atoms with Crippen LogP contribution >= 0.6 is 0 Å². The summed E-state index contributed by atoms with van der Waals surface area (Å²) in [5.74, 6) is 0. The number of hydrogen-bond donors (Lipinski definition) is 0. The van der Waals surface area contributed by atoms with Crippen LogP contribution in [0.25, 0.3) is 11.1 Å². The molecule has 3 aromatic rings. The van der Waals surface area contributed by atoms with Gasteiger partial charge in [0.15, 0.2) is 0 Å². The minimum Gasteiger partial charge on any atom is -1.00 e. The molecular formula is C20H18Cl2Zr. The maximum atomic E-state index is 3.30. The monoisotopic (exact) mass is 418 g/mol. The molecule has 3 heteroatoms. The maximum Gasteiger partial charge on any atom is 4.00 e. The molecule has 116 valence electrons. The summed E-state index contributed by atoms with van der Waals surface area (Å²) in [5.41, 5.74) is 8.23. The summed E-state index contributed by atoms with van der Waals surface area (Å²) in [7, 11) is 0. The van der Waals surface area contributed by atoms with E-state index in [2.05, 4.69) is 74.5 Å². The fourth-order valence-electron chi connectivity index (χ4n) is 2.72. The van der Waals surface area contributed by atoms with Gasteiger partial charge in [-0.2, -0.15) is 47.0 Å². The Hall–Kier alpha value is -0.747. The molecule has 0 amide bonds. The van der Waals surface area contributed by atoms with Crippen LogP contribution in [0.3, 0.4) is 0 Å². The van der Waals surface area contributed by atoms with Crippen LogP contribution in [0.4, 0.5) is 0 Å². The van der Waals surface area contributed by atoms with E-state index in [4.69, 9.17) is 0 Å². The molecule has 0 atom stereocenters. The van der Waals surface area contributed by atoms with Gasteiger partial charge in [0.2, 0.25) is 0 Å². The molecule has 0 unspecified atom stereocenters. The molecule has 0 saturated carbocycles. The number of hydrogen-bond acceptors (Lipinski definition) is 0. The Balaban J connectivity index is 0.000000426. The molecule has 3 aromatic carbocycles. The topological polar surface area (TPSA) is 0 Å². The van der Waals surface area contributed by atoms with E-state index in [-0.39, 0.29) is 51.0 Å². The van der Waals surface area contributed by atoms with Crippen LogP contribution in [0.1, 0.15) is 22.3 Å². The van der Waals surface area contributed by atoms with Gasteiger partial charge in [0.05, 0.1) is 0 Å². The SMILES string of the molecule is Cc1ccc(C)[cH-]1.[Cl-].[Cl-].[Zr+4].[c-]1cccc2c1Cc1ccccc1-2. The number of fused-ring (bicyclic) bond motifs is 3. The molecule has 0 radical (unpaired) electrons. The molecular weight excluding hydrogens is 402 g/mol. The van der Waals surface area contributed by atoms with Gasteiger partial charge in [-0.15, -0.1) is 5.56 Å². The molecule has 0 N–H and O–H groups in total. The molecule has 0 nitrogen and oxygen atoms in total. The summed E-state index contributed by atoms with van der Waals surface area (Å²) in [5, 5.41) is 0. The quantitative estimate of drug-likeness (QED) is 0.323. The second kappa shape index (κ2) is 10.2. The van der Waals surface area contributed by atoms with Crippen molar-refractivity contribution in [3.63, 3.8) is 0 Å². The molecule has 1 aliphatic carbocycles. The Bertz CT molecular complexity index is 672. The van der Waals surface area contributed by atoms with Gasteiger partial charge in [-0.3, -0.25) is 0 Å². The van der Waals surface area contributed by atoms with Crippen molar-refractivity contribution in [2.75, 3.05) is 0 Å². The van der Waals surface area contributed by atoms with E-state index >= 15 is 0 Å². The van der Waals surface area contributed by atoms with Gasteiger partial charge in [-0.1, -0.05) is 49.2 Å². The van der Waals surface area contributed by atoms with Gasteiger partial charge in [0.25, 0.3) is 0 Å². The smallest absolute Gasteiger partial charge is 1.00 e. The zero-order valence-corrected chi connectivity index (χ0v) is 17.2. The Morgan fingerprint density at radius 2 is 1.43 bits per heavy atom. The van der Waals surface area contributed by atoms with E-state index in [1.54, 1.807) is 0 Å². The van der Waals surface area contributed by atoms with Gasteiger partial charge in [-0.05, 0) is 6.42 Å². The number of halogens is 2. The average Bonchev–Trinajstić information content (AvgIpc) is 3.02. The Labute approximate surface area is 170 Å². The summed E-state index contributed by atoms with van der Waals surface area (Å²) >= 11 is 0. The Morgan fingerprint density at radius 1 is 0.826 bits per heavy atom. The summed E-state index contributed by atoms with van der Waals surface area (Å²) in [4.78, 5) is 0. The second-order valence-electron chi connectivity index (χ2n) is 5.36. The largest absolute Gasteiger partial charge is 4.00 e. The van der Waals surface area contributed by atoms with Crippen molar-refractivity contribution in [2.24, 2.45) is 0 Å². The van der Waals surface area contributed by atoms with Crippen molar-refractivity contribution >= 4 is 0 Å². The molecule has 0 heterocycles. The standard InChI is InChI=1S/C13H9.C7H9.2ClH.Zr/c1-3-7-12-10(5-1)9-11-6-2-4-8-13(11)12;1-6-3-4-7(2)5-6;;;/h1-5,7-8H,9H2;3-5H,1-2H3;2*1H;/q2*-1;;;+4/p-2. The van der Waals surface area contributed by atoms with Crippen LogP contribution in [-0.4, -0.2) is 0 Å². The van der Waals surface area contributed by atoms with E-state index in [0.29, 0.717) is 0 Å². The third-order valence-electron chi connectivity index (χ3n) is 3.68. The first-order valence-electron chi connectivity index (χ1n) is 7.02. The van der Waals surface area contributed by atoms with Crippen LogP contribution < -0.4 is 24.8 Å². The minimum absolute atomic E-state index is 0. The zero-order valence-electron chi connectivity index (χ0n) is 13.2. The molecule has 1 aliphatic rings. The van der Waals surface area contributed by atoms with Crippen LogP contribution in [0, 0.1) is 19.9 Å². The number of aryl methyl sites for hydroxylation is 2. The first-order valence-corrected chi connectivity index (χ1v) is 7.02. The molecule has 0 saturated heterocycles. The predicted molar refractivity (Wildman–Crippen MR) is 85.0 cm³/mol. The third kappa shape index (κ3) is 5.38. The molecule has 0 spiro atoms. The second-order valence-corrected chi connectivity index (χ2v) is 5.36. The van der Waals surface area contributed by atoms with Gasteiger partial charge in [0, 0.05) is 0 Å². The fourth-order valence-corrected chi connectivity index (χ4v) is 2.72. The summed E-state index contributed by atoms with van der Waals surface area (Å²) in [6.45, 7) is 4.21. The third-order valence-corrected chi connectivity index (χ3v) is 3.68. The summed E-state index contributed by atoms with van der Waals surface area (Å²) < 4.78 is 0. The molecule has 0 aromatic heterocycles. The maximum absolute atomic E-state index is 3.30. The fraction of sp³-hybridized carbons (Fsp3) is 0.150. The van der Waals surface area contributed by atoms with Crippen molar-refractivity contribution in [3.8, 4) is 11.1 Å². The minimum atomic E-state index is 0. The van der Waals surface area contributed by atoms with Crippen molar-refractivity contribution in [1.29, 1.82) is 0 Å². The zero-order chi connectivity index (χ0) is 13.9. The van der Waals surface area contributed by atoms with Crippen LogP contribution in [0.15, 0.2) is 60.7 Å². The van der Waals surface area contributed by atoms with Crippen LogP contribution in [0.2, 0.25) is 0 Å². The van der Waals surface area contributed by atoms with E-state index in [0.717, 1.165) is 6.42 Å². The van der Waals surface area contributed by atoms with E-state index in [1.807, 2.05) is 6.07 Å². The average molecular weight is 420 g/mol. The van der Waals surface area contributed by atoms with Gasteiger partial charge in [-0.25, -0.2) is 12.1 Å².